The summed E-state index contributed by atoms with van der Waals surface area (Å²) in [6.45, 7) is 5.12. The monoisotopic (exact) mass is 817 g/mol. The standard InChI is InChI=1S/C54H76N2O4/c57-51(59-43-25-23-41-33-49-45-19-9-11-27-53(45,47(41)35-43)29-31-55(49)37-39-15-13-16-39)21-7-5-3-1-2-4-6-8-22-52(58)60-44-26-24-42-34-50-46-20-10-12-28-54(46,48(42)36-44)30-32-56(50)38-40-17-14-18-40/h23-26,35-36,39-40,45-46,49-50H,1-22,27-34,37-38H2/t45-,46-,49-,50-,53-,54-/m0/s1. The number of nitrogens with zero attached hydrogens (tertiary/aromatic N) is 2. The van der Waals surface area contributed by atoms with Gasteiger partial charge in [0, 0.05) is 48.8 Å². The molecule has 0 spiro atoms. The highest BCUT2D eigenvalue weighted by Gasteiger charge is 2.55. The Bertz CT molecular complexity index is 1700. The van der Waals surface area contributed by atoms with E-state index in [1.807, 2.05) is 0 Å². The molecule has 6 nitrogen and oxygen atoms in total. The predicted molar refractivity (Wildman–Crippen MR) is 240 cm³/mol. The third-order valence-electron chi connectivity index (χ3n) is 18.3. The molecule has 6 aliphatic carbocycles. The van der Waals surface area contributed by atoms with Crippen molar-refractivity contribution in [3.63, 3.8) is 0 Å². The van der Waals surface area contributed by atoms with Crippen LogP contribution in [0, 0.1) is 23.7 Å². The first-order valence-corrected chi connectivity index (χ1v) is 25.6. The lowest BCUT2D eigenvalue weighted by Crippen LogP contribution is -2.61. The molecule has 2 aromatic rings. The van der Waals surface area contributed by atoms with Crippen molar-refractivity contribution in [2.75, 3.05) is 26.2 Å². The molecule has 60 heavy (non-hydrogen) atoms. The van der Waals surface area contributed by atoms with Crippen LogP contribution in [-0.2, 0) is 33.3 Å². The van der Waals surface area contributed by atoms with Gasteiger partial charge < -0.3 is 9.47 Å². The Balaban J connectivity index is 0.618. The van der Waals surface area contributed by atoms with Crippen LogP contribution in [0.15, 0.2) is 36.4 Å². The number of piperidine rings is 2. The maximum absolute atomic E-state index is 13.0. The van der Waals surface area contributed by atoms with Crippen LogP contribution >= 0.6 is 0 Å². The molecule has 6 atom stereocenters. The van der Waals surface area contributed by atoms with Gasteiger partial charge in [0.05, 0.1) is 0 Å². The fourth-order valence-corrected chi connectivity index (χ4v) is 14.7. The zero-order valence-corrected chi connectivity index (χ0v) is 37.1. The SMILES string of the molecule is O=C(CCCCCCCCCCC(=O)Oc1ccc2c(c1)[C@]13CCCC[C@H]1[C@H](C2)N(CC1CCC1)CC3)Oc1ccc2c(c1)[C@]13CCCC[C@H]1[C@H](C2)N(CC1CCC1)CC3. The van der Waals surface area contributed by atoms with E-state index in [-0.39, 0.29) is 22.8 Å². The number of fused-ring (bicyclic) bond motifs is 2. The van der Waals surface area contributed by atoms with Crippen LogP contribution in [0.2, 0.25) is 0 Å². The quantitative estimate of drug-likeness (QED) is 0.0900. The minimum atomic E-state index is -0.0785. The Morgan fingerprint density at radius 2 is 0.950 bits per heavy atom. The summed E-state index contributed by atoms with van der Waals surface area (Å²) >= 11 is 0. The van der Waals surface area contributed by atoms with Crippen molar-refractivity contribution in [3.8, 4) is 11.5 Å². The van der Waals surface area contributed by atoms with Gasteiger partial charge in [-0.3, -0.25) is 19.4 Å². The predicted octanol–water partition coefficient (Wildman–Crippen LogP) is 11.8. The highest BCUT2D eigenvalue weighted by Crippen LogP contribution is 2.58. The molecule has 2 aromatic carbocycles. The smallest absolute Gasteiger partial charge is 0.311 e. The average Bonchev–Trinajstić information content (AvgIpc) is 3.23. The van der Waals surface area contributed by atoms with Gasteiger partial charge in [-0.2, -0.15) is 0 Å². The van der Waals surface area contributed by atoms with E-state index < -0.39 is 0 Å². The second-order valence-corrected chi connectivity index (χ2v) is 21.6. The molecule has 0 unspecified atom stereocenters. The molecular weight excluding hydrogens is 741 g/mol. The molecule has 0 aromatic heterocycles. The molecule has 0 radical (unpaired) electrons. The fraction of sp³-hybridized carbons (Fsp3) is 0.741. The summed E-state index contributed by atoms with van der Waals surface area (Å²) in [6, 6.07) is 14.7. The van der Waals surface area contributed by atoms with Crippen molar-refractivity contribution in [1.82, 2.24) is 9.80 Å². The van der Waals surface area contributed by atoms with Crippen LogP contribution in [0.3, 0.4) is 0 Å². The zero-order chi connectivity index (χ0) is 40.5. The number of ether oxygens (including phenoxy) is 2. The van der Waals surface area contributed by atoms with Crippen LogP contribution in [0.4, 0.5) is 0 Å². The average molecular weight is 817 g/mol. The minimum absolute atomic E-state index is 0.0785. The lowest BCUT2D eigenvalue weighted by atomic mass is 9.52. The van der Waals surface area contributed by atoms with Gasteiger partial charge in [-0.25, -0.2) is 0 Å². The Morgan fingerprint density at radius 3 is 1.37 bits per heavy atom. The summed E-state index contributed by atoms with van der Waals surface area (Å²) < 4.78 is 12.0. The summed E-state index contributed by atoms with van der Waals surface area (Å²) in [4.78, 5) is 31.7. The molecule has 2 aliphatic heterocycles. The third-order valence-corrected chi connectivity index (χ3v) is 18.3. The molecule has 2 saturated heterocycles. The van der Waals surface area contributed by atoms with Crippen LogP contribution in [0.5, 0.6) is 11.5 Å². The molecule has 6 fully saturated rings. The number of hydrogen-bond acceptors (Lipinski definition) is 6. The second-order valence-electron chi connectivity index (χ2n) is 21.6. The molecule has 6 heteroatoms. The highest BCUT2D eigenvalue weighted by molar-refractivity contribution is 5.73. The van der Waals surface area contributed by atoms with Crippen LogP contribution in [0.1, 0.15) is 189 Å². The maximum Gasteiger partial charge on any atom is 0.311 e. The third kappa shape index (κ3) is 8.28. The van der Waals surface area contributed by atoms with Crippen molar-refractivity contribution >= 4 is 11.9 Å². The number of esters is 2. The van der Waals surface area contributed by atoms with Gasteiger partial charge in [-0.15, -0.1) is 0 Å². The number of hydrogen-bond donors (Lipinski definition) is 0. The van der Waals surface area contributed by atoms with Gasteiger partial charge >= 0.3 is 11.9 Å². The Labute approximate surface area is 362 Å². The van der Waals surface area contributed by atoms with E-state index >= 15 is 0 Å². The topological polar surface area (TPSA) is 59.1 Å². The zero-order valence-electron chi connectivity index (χ0n) is 37.1. The van der Waals surface area contributed by atoms with Crippen molar-refractivity contribution in [1.29, 1.82) is 0 Å². The summed E-state index contributed by atoms with van der Waals surface area (Å²) in [5.74, 6) is 4.77. The minimum Gasteiger partial charge on any atom is -0.427 e. The number of likely N-dealkylation sites (tertiary alicyclic amines) is 2. The molecular formula is C54H76N2O4. The van der Waals surface area contributed by atoms with Crippen LogP contribution < -0.4 is 9.47 Å². The highest BCUT2D eigenvalue weighted by atomic mass is 16.5. The Hall–Kier alpha value is -2.70. The molecule has 8 aliphatic rings. The first kappa shape index (κ1) is 41.3. The van der Waals surface area contributed by atoms with Gasteiger partial charge in [0.2, 0.25) is 0 Å². The van der Waals surface area contributed by atoms with Gasteiger partial charge in [0.15, 0.2) is 0 Å². The van der Waals surface area contributed by atoms with Crippen molar-refractivity contribution in [3.05, 3.63) is 58.7 Å². The fourth-order valence-electron chi connectivity index (χ4n) is 14.7. The molecule has 4 bridgehead atoms. The number of carbonyl (C=O) groups is 2. The summed E-state index contributed by atoms with van der Waals surface area (Å²) in [5.41, 5.74) is 6.65. The Morgan fingerprint density at radius 1 is 0.517 bits per heavy atom. The van der Waals surface area contributed by atoms with Crippen LogP contribution in [-0.4, -0.2) is 60.0 Å². The largest absolute Gasteiger partial charge is 0.427 e. The van der Waals surface area contributed by atoms with E-state index in [2.05, 4.69) is 46.2 Å². The lowest BCUT2D eigenvalue weighted by molar-refractivity contribution is -0.135. The molecule has 0 amide bonds. The lowest BCUT2D eigenvalue weighted by Gasteiger charge is -2.59. The maximum atomic E-state index is 13.0. The van der Waals surface area contributed by atoms with E-state index in [1.54, 1.807) is 0 Å². The van der Waals surface area contributed by atoms with E-state index in [9.17, 15) is 9.59 Å². The Kier molecular flexibility index (Phi) is 12.5. The van der Waals surface area contributed by atoms with Crippen molar-refractivity contribution < 1.29 is 19.1 Å². The first-order valence-electron chi connectivity index (χ1n) is 25.6. The van der Waals surface area contributed by atoms with Gasteiger partial charge in [-0.05, 0) is 173 Å². The van der Waals surface area contributed by atoms with E-state index in [0.717, 1.165) is 73.7 Å². The molecule has 10 rings (SSSR count). The van der Waals surface area contributed by atoms with Gasteiger partial charge in [0.25, 0.3) is 0 Å². The number of unbranched alkanes of at least 4 members (excludes halogenated alkanes) is 7. The van der Waals surface area contributed by atoms with E-state index in [1.165, 1.54) is 177 Å². The van der Waals surface area contributed by atoms with Crippen LogP contribution in [0.25, 0.3) is 0 Å². The van der Waals surface area contributed by atoms with E-state index in [0.29, 0.717) is 24.9 Å². The number of benzene rings is 2. The van der Waals surface area contributed by atoms with Gasteiger partial charge in [0.1, 0.15) is 11.5 Å². The van der Waals surface area contributed by atoms with Crippen molar-refractivity contribution in [2.45, 2.75) is 203 Å². The summed E-state index contributed by atoms with van der Waals surface area (Å²) in [7, 11) is 0. The summed E-state index contributed by atoms with van der Waals surface area (Å²) in [5, 5.41) is 0. The first-order chi connectivity index (χ1) is 29.5. The van der Waals surface area contributed by atoms with Gasteiger partial charge in [-0.1, -0.05) is 89.2 Å². The second kappa shape index (κ2) is 18.2. The molecule has 4 saturated carbocycles. The summed E-state index contributed by atoms with van der Waals surface area (Å²) in [6.07, 6.45) is 33.8. The molecule has 326 valence electrons. The van der Waals surface area contributed by atoms with E-state index in [4.69, 9.17) is 9.47 Å². The molecule has 0 N–H and O–H groups in total. The number of carbonyl (C=O) groups excluding carboxylic acids is 2. The number of rotatable bonds is 17. The molecule has 2 heterocycles. The van der Waals surface area contributed by atoms with Crippen molar-refractivity contribution in [2.24, 2.45) is 23.7 Å². The normalized spacial score (nSPS) is 31.1.